The quantitative estimate of drug-likeness (QED) is 0.180. The number of ether oxygens (including phenoxy) is 2. The van der Waals surface area contributed by atoms with Crippen molar-refractivity contribution < 1.29 is 28.7 Å². The number of allylic oxidation sites excluding steroid dienone is 2. The minimum absolute atomic E-state index is 0.115. The number of hydrogen-bond acceptors (Lipinski definition) is 5. The number of hydrogen-bond donors (Lipinski definition) is 1. The van der Waals surface area contributed by atoms with Crippen LogP contribution in [0.5, 0.6) is 5.88 Å². The smallest absolute Gasteiger partial charge is 0.367 e. The maximum Gasteiger partial charge on any atom is 0.367 e. The molecule has 0 bridgehead atoms. The topological polar surface area (TPSA) is 76.7 Å². The van der Waals surface area contributed by atoms with Gasteiger partial charge in [0.25, 0.3) is 0 Å². The van der Waals surface area contributed by atoms with Crippen LogP contribution in [0.25, 0.3) is 0 Å². The molecule has 6 unspecified atom stereocenters. The van der Waals surface area contributed by atoms with Crippen molar-refractivity contribution in [3.05, 3.63) is 119 Å². The number of Topliss-reactive ketones (excluding diaryl/α,β-unsaturated/α-hetero) is 2. The lowest BCUT2D eigenvalue weighted by atomic mass is 9.45. The lowest BCUT2D eigenvalue weighted by molar-refractivity contribution is -0.677. The Morgan fingerprint density at radius 1 is 0.571 bits per heavy atom. The number of pyridine rings is 1. The first kappa shape index (κ1) is 51.0. The summed E-state index contributed by atoms with van der Waals surface area (Å²) in [6, 6.07) is 26.6. The van der Waals surface area contributed by atoms with Crippen molar-refractivity contribution in [3.8, 4) is 5.88 Å². The van der Waals surface area contributed by atoms with Gasteiger partial charge in [0, 0.05) is 16.9 Å². The second kappa shape index (κ2) is 19.9. The predicted molar refractivity (Wildman–Crippen MR) is 280 cm³/mol. The maximum absolute atomic E-state index is 12.7. The first-order valence-electron chi connectivity index (χ1n) is 27.7. The summed E-state index contributed by atoms with van der Waals surface area (Å²) in [6.07, 6.45) is 25.9. The zero-order valence-electron chi connectivity index (χ0n) is 44.6. The minimum atomic E-state index is -0.123. The molecular weight excluding hydrogens is 863 g/mol. The fourth-order valence-electron chi connectivity index (χ4n) is 17.3. The molecule has 0 saturated heterocycles. The molecule has 0 amide bonds. The van der Waals surface area contributed by atoms with E-state index in [0.717, 1.165) is 74.7 Å². The average molecular weight is 951 g/mol. The minimum Gasteiger partial charge on any atom is -0.440 e. The molecular formula is C64H88NO5+. The molecule has 6 saturated carbocycles. The third-order valence-corrected chi connectivity index (χ3v) is 22.5. The van der Waals surface area contributed by atoms with Crippen LogP contribution >= 0.6 is 0 Å². The van der Waals surface area contributed by atoms with Crippen molar-refractivity contribution in [3.63, 3.8) is 0 Å². The molecule has 1 heterocycles. The molecule has 8 aliphatic carbocycles. The van der Waals surface area contributed by atoms with E-state index in [0.29, 0.717) is 46.9 Å². The number of ketones is 2. The van der Waals surface area contributed by atoms with Gasteiger partial charge in [-0.1, -0.05) is 126 Å². The van der Waals surface area contributed by atoms with Crippen LogP contribution in [0.15, 0.2) is 108 Å². The number of rotatable bonds is 8. The Kier molecular flexibility index (Phi) is 14.5. The van der Waals surface area contributed by atoms with Crippen molar-refractivity contribution in [2.45, 2.75) is 184 Å². The van der Waals surface area contributed by atoms with Gasteiger partial charge in [-0.25, -0.2) is 0 Å². The second-order valence-corrected chi connectivity index (χ2v) is 25.3. The van der Waals surface area contributed by atoms with E-state index in [4.69, 9.17) is 9.47 Å². The standard InChI is InChI=1S/C29H40O2.C22H34O2.C13H14NO/c1-20(30)28(3)16-14-26-24-11-10-22-18-23(31-19-21-8-6-5-7-9-21)12-15-27(22,2)25(24)13-17-29(26,28)4;1-14(23)21(3)11-9-19-17-6-5-15-13-16(24)7-10-20(15,2)18(17)8-12-22(19,21)4;1-14-10-6-5-9-13(14)15-11-12-7-3-2-4-8-12/h5-10,23-26H,11-19H2,1-4H3;5,16-19,24H,6-13H2,1-4H3;2-10H,11H2,1H3/q;;+1/t23-,24?,25?,26?,27-,28+,29-;16-,17?,18?,19?,20-,21+,22-;/m00./s1. The van der Waals surface area contributed by atoms with Gasteiger partial charge in [-0.2, -0.15) is 4.57 Å². The summed E-state index contributed by atoms with van der Waals surface area (Å²) >= 11 is 0. The van der Waals surface area contributed by atoms with Gasteiger partial charge >= 0.3 is 5.88 Å². The largest absolute Gasteiger partial charge is 0.440 e. The van der Waals surface area contributed by atoms with Gasteiger partial charge < -0.3 is 14.6 Å². The number of aryl methyl sites for hydroxylation is 1. The Hall–Kier alpha value is -3.87. The zero-order chi connectivity index (χ0) is 49.7. The lowest BCUT2D eigenvalue weighted by Gasteiger charge is -2.59. The highest BCUT2D eigenvalue weighted by atomic mass is 16.5. The summed E-state index contributed by atoms with van der Waals surface area (Å²) in [5.41, 5.74) is 6.47. The average Bonchev–Trinajstić information content (AvgIpc) is 3.81. The molecule has 6 heteroatoms. The van der Waals surface area contributed by atoms with E-state index < -0.39 is 0 Å². The van der Waals surface area contributed by atoms with Gasteiger partial charge in [0.1, 0.15) is 25.2 Å². The van der Waals surface area contributed by atoms with Crippen LogP contribution in [0.1, 0.15) is 169 Å². The molecule has 378 valence electrons. The van der Waals surface area contributed by atoms with Gasteiger partial charge in [-0.15, -0.1) is 0 Å². The Morgan fingerprint density at radius 3 is 1.56 bits per heavy atom. The highest BCUT2D eigenvalue weighted by molar-refractivity contribution is 5.84. The summed E-state index contributed by atoms with van der Waals surface area (Å²) in [4.78, 5) is 25.1. The number of nitrogens with zero attached hydrogens (tertiary/aromatic N) is 1. The Morgan fingerprint density at radius 2 is 1.04 bits per heavy atom. The number of aliphatic hydroxyl groups is 1. The van der Waals surface area contributed by atoms with Crippen LogP contribution in [0.4, 0.5) is 0 Å². The predicted octanol–water partition coefficient (Wildman–Crippen LogP) is 14.1. The monoisotopic (exact) mass is 951 g/mol. The SMILES string of the molecule is CC(=O)[C@@]1(C)CCC2C3CC=C4C[C@@H](O)CC[C@]4(C)C3CC[C@@]21C.CC(=O)[C@@]1(C)CCC2C3CC=C4C[C@@H](OCc5ccccc5)CC[C@]4(C)C3CC[C@@]21C.C[n+]1ccccc1OCc1ccccc1. The number of aromatic nitrogens is 1. The highest BCUT2D eigenvalue weighted by Crippen LogP contribution is 2.71. The van der Waals surface area contributed by atoms with Crippen molar-refractivity contribution >= 4 is 11.6 Å². The van der Waals surface area contributed by atoms with Crippen LogP contribution in [-0.4, -0.2) is 28.9 Å². The molecule has 2 aromatic carbocycles. The maximum atomic E-state index is 12.7. The van der Waals surface area contributed by atoms with Crippen molar-refractivity contribution in [2.75, 3.05) is 0 Å². The molecule has 0 spiro atoms. The molecule has 14 atom stereocenters. The Bertz CT molecular complexity index is 2410. The van der Waals surface area contributed by atoms with E-state index >= 15 is 0 Å². The van der Waals surface area contributed by atoms with E-state index in [1.807, 2.05) is 68.1 Å². The first-order valence-corrected chi connectivity index (χ1v) is 27.7. The number of carbonyl (C=O) groups is 2. The third kappa shape index (κ3) is 8.93. The van der Waals surface area contributed by atoms with Gasteiger partial charge in [0.05, 0.1) is 24.9 Å². The van der Waals surface area contributed by atoms with Crippen LogP contribution in [0, 0.1) is 68.0 Å². The van der Waals surface area contributed by atoms with Crippen LogP contribution in [0.2, 0.25) is 0 Å². The summed E-state index contributed by atoms with van der Waals surface area (Å²) in [6.45, 7) is 19.4. The number of fused-ring (bicyclic) bond motifs is 10. The first-order chi connectivity index (χ1) is 33.4. The van der Waals surface area contributed by atoms with Gasteiger partial charge in [0.2, 0.25) is 0 Å². The fraction of sp³-hybridized carbons (Fsp3) is 0.641. The Labute approximate surface area is 422 Å². The zero-order valence-corrected chi connectivity index (χ0v) is 44.6. The molecule has 6 fully saturated rings. The number of aliphatic hydroxyl groups excluding tert-OH is 1. The van der Waals surface area contributed by atoms with Crippen molar-refractivity contribution in [2.24, 2.45) is 75.0 Å². The van der Waals surface area contributed by atoms with Crippen molar-refractivity contribution in [1.29, 1.82) is 0 Å². The van der Waals surface area contributed by atoms with Crippen LogP contribution in [-0.2, 0) is 34.6 Å². The molecule has 0 aliphatic heterocycles. The number of benzene rings is 2. The van der Waals surface area contributed by atoms with Gasteiger partial charge in [-0.3, -0.25) is 9.59 Å². The summed E-state index contributed by atoms with van der Waals surface area (Å²) in [7, 11) is 1.97. The molecule has 70 heavy (non-hydrogen) atoms. The van der Waals surface area contributed by atoms with Crippen LogP contribution < -0.4 is 9.30 Å². The molecule has 1 aromatic heterocycles. The second-order valence-electron chi connectivity index (χ2n) is 25.3. The molecule has 6 nitrogen and oxygen atoms in total. The van der Waals surface area contributed by atoms with Gasteiger partial charge in [-0.05, 0) is 191 Å². The van der Waals surface area contributed by atoms with E-state index in [2.05, 4.69) is 96.2 Å². The molecule has 11 rings (SSSR count). The summed E-state index contributed by atoms with van der Waals surface area (Å²) in [5, 5.41) is 10.1. The third-order valence-electron chi connectivity index (χ3n) is 22.5. The Balaban J connectivity index is 0.000000138. The molecule has 0 radical (unpaired) electrons. The normalized spacial score (nSPS) is 40.0. The van der Waals surface area contributed by atoms with Crippen LogP contribution in [0.3, 0.4) is 0 Å². The molecule has 3 aromatic rings. The fourth-order valence-corrected chi connectivity index (χ4v) is 17.3. The van der Waals surface area contributed by atoms with E-state index in [-0.39, 0.29) is 27.8 Å². The highest BCUT2D eigenvalue weighted by Gasteiger charge is 2.65. The number of carbonyl (C=O) groups excluding carboxylic acids is 2. The lowest BCUT2D eigenvalue weighted by Crippen LogP contribution is -2.53. The summed E-state index contributed by atoms with van der Waals surface area (Å²) < 4.78 is 14.0. The van der Waals surface area contributed by atoms with E-state index in [1.54, 1.807) is 11.1 Å². The van der Waals surface area contributed by atoms with E-state index in [9.17, 15) is 14.7 Å². The molecule has 1 N–H and O–H groups in total. The van der Waals surface area contributed by atoms with Gasteiger partial charge in [0.15, 0.2) is 6.20 Å². The molecule has 8 aliphatic rings. The summed E-state index contributed by atoms with van der Waals surface area (Å²) in [5.74, 6) is 6.17. The van der Waals surface area contributed by atoms with Crippen molar-refractivity contribution in [1.82, 2.24) is 0 Å². The van der Waals surface area contributed by atoms with E-state index in [1.165, 1.54) is 75.3 Å².